The van der Waals surface area contributed by atoms with Crippen molar-refractivity contribution >= 4 is 21.8 Å². The van der Waals surface area contributed by atoms with E-state index in [-0.39, 0.29) is 29.7 Å². The summed E-state index contributed by atoms with van der Waals surface area (Å²) < 4.78 is 44.6. The summed E-state index contributed by atoms with van der Waals surface area (Å²) in [4.78, 5) is 24.6. The number of nitrogens with one attached hydrogen (secondary N) is 1. The van der Waals surface area contributed by atoms with E-state index in [4.69, 9.17) is 14.2 Å². The van der Waals surface area contributed by atoms with Gasteiger partial charge in [0.1, 0.15) is 5.75 Å². The zero-order valence-corrected chi connectivity index (χ0v) is 20.5. The molecule has 2 aromatic rings. The van der Waals surface area contributed by atoms with Crippen molar-refractivity contribution in [2.75, 3.05) is 33.5 Å². The number of carbonyl (C=O) groups is 2. The van der Waals surface area contributed by atoms with Crippen molar-refractivity contribution < 1.29 is 32.2 Å². The quantitative estimate of drug-likeness (QED) is 0.346. The van der Waals surface area contributed by atoms with Gasteiger partial charge in [-0.2, -0.15) is 0 Å². The number of benzene rings is 1. The fraction of sp³-hybridized carbons (Fsp3) is 0.478. The van der Waals surface area contributed by atoms with Crippen molar-refractivity contribution in [3.8, 4) is 5.75 Å². The molecule has 1 heterocycles. The summed E-state index contributed by atoms with van der Waals surface area (Å²) >= 11 is 0. The van der Waals surface area contributed by atoms with Gasteiger partial charge in [-0.25, -0.2) is 13.1 Å². The van der Waals surface area contributed by atoms with Crippen molar-refractivity contribution in [1.29, 1.82) is 0 Å². The average molecular weight is 481 g/mol. The molecule has 0 spiro atoms. The third-order valence-corrected chi connectivity index (χ3v) is 6.54. The van der Waals surface area contributed by atoms with E-state index in [9.17, 15) is 18.0 Å². The summed E-state index contributed by atoms with van der Waals surface area (Å²) in [5, 5.41) is 0. The van der Waals surface area contributed by atoms with Gasteiger partial charge in [-0.05, 0) is 58.0 Å². The van der Waals surface area contributed by atoms with E-state index in [0.29, 0.717) is 24.5 Å². The number of hydrogen-bond acceptors (Lipinski definition) is 7. The van der Waals surface area contributed by atoms with Gasteiger partial charge >= 0.3 is 5.97 Å². The predicted molar refractivity (Wildman–Crippen MR) is 123 cm³/mol. The van der Waals surface area contributed by atoms with Gasteiger partial charge in [0.25, 0.3) is 0 Å². The van der Waals surface area contributed by atoms with Crippen LogP contribution in [0.3, 0.4) is 0 Å². The van der Waals surface area contributed by atoms with Crippen LogP contribution in [0, 0.1) is 13.8 Å². The molecule has 0 saturated carbocycles. The number of hydrogen-bond donors (Lipinski definition) is 1. The number of sulfonamides is 1. The van der Waals surface area contributed by atoms with Gasteiger partial charge in [0.2, 0.25) is 15.8 Å². The lowest BCUT2D eigenvalue weighted by Gasteiger charge is -2.17. The maximum atomic E-state index is 12.6. The second-order valence-electron chi connectivity index (χ2n) is 7.60. The van der Waals surface area contributed by atoms with Crippen molar-refractivity contribution in [3.63, 3.8) is 0 Å². The molecule has 0 aliphatic carbocycles. The van der Waals surface area contributed by atoms with E-state index in [2.05, 4.69) is 4.72 Å². The van der Waals surface area contributed by atoms with Crippen LogP contribution in [-0.2, 0) is 24.3 Å². The Morgan fingerprint density at radius 2 is 1.82 bits per heavy atom. The van der Waals surface area contributed by atoms with Crippen LogP contribution in [0.25, 0.3) is 0 Å². The number of Topliss-reactive ketones (excluding diaryl/α,β-unsaturated/α-hetero) is 1. The minimum atomic E-state index is -3.78. The molecule has 1 aromatic heterocycles. The molecule has 0 fully saturated rings. The molecule has 9 nitrogen and oxygen atoms in total. The van der Waals surface area contributed by atoms with Crippen LogP contribution in [0.2, 0.25) is 0 Å². The Bertz CT molecular complexity index is 1060. The predicted octanol–water partition coefficient (Wildman–Crippen LogP) is 2.81. The van der Waals surface area contributed by atoms with Gasteiger partial charge in [0.05, 0.1) is 30.6 Å². The minimum Gasteiger partial charge on any atom is -0.494 e. The van der Waals surface area contributed by atoms with Crippen molar-refractivity contribution in [2.45, 2.75) is 45.1 Å². The molecule has 1 N–H and O–H groups in total. The molecule has 1 unspecified atom stereocenters. The normalized spacial score (nSPS) is 12.4. The Kier molecular flexibility index (Phi) is 9.63. The van der Waals surface area contributed by atoms with E-state index >= 15 is 0 Å². The first-order valence-electron chi connectivity index (χ1n) is 10.7. The Morgan fingerprint density at radius 1 is 1.15 bits per heavy atom. The number of nitrogens with zero attached hydrogens (tertiary/aromatic N) is 1. The first-order chi connectivity index (χ1) is 15.6. The van der Waals surface area contributed by atoms with Crippen molar-refractivity contribution in [1.82, 2.24) is 9.29 Å². The minimum absolute atomic E-state index is 0.0579. The molecule has 182 valence electrons. The highest BCUT2D eigenvalue weighted by Gasteiger charge is 2.20. The lowest BCUT2D eigenvalue weighted by atomic mass is 10.1. The Hall–Kier alpha value is -2.69. The van der Waals surface area contributed by atoms with E-state index in [1.807, 2.05) is 32.3 Å². The molecule has 0 amide bonds. The number of rotatable bonds is 13. The lowest BCUT2D eigenvalue weighted by molar-refractivity contribution is -0.142. The zero-order chi connectivity index (χ0) is 24.6. The number of aryl methyl sites for hydroxylation is 1. The Balaban J connectivity index is 1.86. The van der Waals surface area contributed by atoms with Crippen molar-refractivity contribution in [2.24, 2.45) is 0 Å². The Labute approximate surface area is 195 Å². The lowest BCUT2D eigenvalue weighted by Crippen LogP contribution is -2.27. The number of esters is 1. The summed E-state index contributed by atoms with van der Waals surface area (Å²) in [6, 6.07) is 7.79. The third kappa shape index (κ3) is 7.15. The topological polar surface area (TPSA) is 113 Å². The van der Waals surface area contributed by atoms with E-state index in [1.165, 1.54) is 12.1 Å². The van der Waals surface area contributed by atoms with E-state index < -0.39 is 22.6 Å². The maximum absolute atomic E-state index is 12.6. The smallest absolute Gasteiger partial charge is 0.307 e. The van der Waals surface area contributed by atoms with Crippen LogP contribution in [-0.4, -0.2) is 58.2 Å². The van der Waals surface area contributed by atoms with Gasteiger partial charge < -0.3 is 18.8 Å². The maximum Gasteiger partial charge on any atom is 0.307 e. The molecule has 2 rings (SSSR count). The summed E-state index contributed by atoms with van der Waals surface area (Å²) in [7, 11) is -2.16. The SMILES string of the molecule is CCOc1ccc(S(=O)(=O)NCCC(=O)OCC(=O)c2cc(C)n(C(C)COC)c2C)cc1. The number of methoxy groups -OCH3 is 1. The molecule has 0 aliphatic rings. The van der Waals surface area contributed by atoms with E-state index in [1.54, 1.807) is 25.3 Å². The summed E-state index contributed by atoms with van der Waals surface area (Å²) in [6.45, 7) is 7.99. The number of carbonyl (C=O) groups excluding carboxylic acids is 2. The second-order valence-corrected chi connectivity index (χ2v) is 9.36. The van der Waals surface area contributed by atoms with Gasteiger partial charge in [-0.1, -0.05) is 0 Å². The van der Waals surface area contributed by atoms with Gasteiger partial charge in [-0.3, -0.25) is 9.59 Å². The average Bonchev–Trinajstić information content (AvgIpc) is 3.06. The molecule has 0 aliphatic heterocycles. The first-order valence-corrected chi connectivity index (χ1v) is 12.2. The molecule has 1 aromatic carbocycles. The second kappa shape index (κ2) is 12.0. The summed E-state index contributed by atoms with van der Waals surface area (Å²) in [5.41, 5.74) is 2.18. The molecular weight excluding hydrogens is 448 g/mol. The van der Waals surface area contributed by atoms with Crippen LogP contribution in [0.1, 0.15) is 48.1 Å². The molecule has 0 bridgehead atoms. The van der Waals surface area contributed by atoms with Crippen LogP contribution in [0.5, 0.6) is 5.75 Å². The van der Waals surface area contributed by atoms with Crippen LogP contribution in [0.15, 0.2) is 35.2 Å². The standard InChI is InChI=1S/C23H32N2O7S/c1-6-31-19-7-9-20(10-8-19)33(28,29)24-12-11-23(27)32-15-22(26)21-13-16(2)25(18(21)4)17(3)14-30-5/h7-10,13,17,24H,6,11-12,14-15H2,1-5H3. The van der Waals surface area contributed by atoms with Crippen molar-refractivity contribution in [3.05, 3.63) is 47.3 Å². The fourth-order valence-corrected chi connectivity index (χ4v) is 4.63. The third-order valence-electron chi connectivity index (χ3n) is 5.06. The zero-order valence-electron chi connectivity index (χ0n) is 19.7. The molecule has 0 saturated heterocycles. The fourth-order valence-electron chi connectivity index (χ4n) is 3.60. The van der Waals surface area contributed by atoms with Crippen LogP contribution < -0.4 is 9.46 Å². The molecule has 1 atom stereocenters. The molecular formula is C23H32N2O7S. The highest BCUT2D eigenvalue weighted by atomic mass is 32.2. The highest BCUT2D eigenvalue weighted by molar-refractivity contribution is 7.89. The molecule has 33 heavy (non-hydrogen) atoms. The van der Waals surface area contributed by atoms with Gasteiger partial charge in [0.15, 0.2) is 6.61 Å². The number of ether oxygens (including phenoxy) is 3. The number of aromatic nitrogens is 1. The van der Waals surface area contributed by atoms with Gasteiger partial charge in [-0.15, -0.1) is 0 Å². The Morgan fingerprint density at radius 3 is 2.42 bits per heavy atom. The van der Waals surface area contributed by atoms with E-state index in [0.717, 1.165) is 11.4 Å². The summed E-state index contributed by atoms with van der Waals surface area (Å²) in [6.07, 6.45) is -0.201. The highest BCUT2D eigenvalue weighted by Crippen LogP contribution is 2.21. The molecule has 0 radical (unpaired) electrons. The monoisotopic (exact) mass is 480 g/mol. The number of ketones is 1. The van der Waals surface area contributed by atoms with Crippen LogP contribution in [0.4, 0.5) is 0 Å². The van der Waals surface area contributed by atoms with Crippen LogP contribution >= 0.6 is 0 Å². The molecule has 10 heteroatoms. The van der Waals surface area contributed by atoms with Gasteiger partial charge in [0, 0.05) is 30.6 Å². The first kappa shape index (κ1) is 26.6. The largest absolute Gasteiger partial charge is 0.494 e. The summed E-state index contributed by atoms with van der Waals surface area (Å²) in [5.74, 6) is -0.416.